The molecule has 4 N–H and O–H groups in total. The summed E-state index contributed by atoms with van der Waals surface area (Å²) in [6, 6.07) is 3.16. The molecule has 2 rings (SSSR count). The van der Waals surface area contributed by atoms with E-state index in [2.05, 4.69) is 0 Å². The van der Waals surface area contributed by atoms with Gasteiger partial charge in [-0.1, -0.05) is 6.08 Å². The second kappa shape index (κ2) is 9.66. The van der Waals surface area contributed by atoms with Gasteiger partial charge >= 0.3 is 0 Å². The molecule has 0 saturated carbocycles. The van der Waals surface area contributed by atoms with Gasteiger partial charge in [0.25, 0.3) is 0 Å². The number of rotatable bonds is 7. The van der Waals surface area contributed by atoms with Crippen LogP contribution in [0.25, 0.3) is 6.08 Å². The number of methoxy groups -OCH3 is 2. The predicted molar refractivity (Wildman–Crippen MR) is 102 cm³/mol. The van der Waals surface area contributed by atoms with E-state index in [1.165, 1.54) is 20.3 Å². The Morgan fingerprint density at radius 2 is 1.74 bits per heavy atom. The van der Waals surface area contributed by atoms with Crippen LogP contribution in [0.1, 0.15) is 5.56 Å². The van der Waals surface area contributed by atoms with Crippen LogP contribution in [0.3, 0.4) is 0 Å². The Morgan fingerprint density at radius 3 is 2.22 bits per heavy atom. The van der Waals surface area contributed by atoms with Crippen LogP contribution in [-0.4, -0.2) is 75.7 Å². The van der Waals surface area contributed by atoms with Crippen LogP contribution in [0.5, 0.6) is 17.2 Å². The number of carbonyl (C=O) groups is 1. The summed E-state index contributed by atoms with van der Waals surface area (Å²) in [7, 11) is 2.79. The summed E-state index contributed by atoms with van der Waals surface area (Å²) in [4.78, 5) is 11.1. The molecule has 1 aliphatic rings. The molecule has 1 aromatic carbocycles. The normalized spacial score (nSPS) is 28.2. The quantitative estimate of drug-likeness (QED) is 0.231. The Labute approximate surface area is 169 Å². The molecule has 1 saturated heterocycles. The second-order valence-electron chi connectivity index (χ2n) is 5.71. The molecule has 1 fully saturated rings. The minimum absolute atomic E-state index is 0.0854. The third-order valence-electron chi connectivity index (χ3n) is 3.97. The first-order valence-electron chi connectivity index (χ1n) is 7.93. The third-order valence-corrected chi connectivity index (χ3v) is 4.33. The Balaban J connectivity index is 2.35. The molecule has 0 aliphatic carbocycles. The molecule has 0 spiro atoms. The largest absolute Gasteiger partial charge is 0.493 e. The maximum atomic E-state index is 11.1. The van der Waals surface area contributed by atoms with Crippen LogP contribution in [-0.2, 0) is 9.53 Å². The Morgan fingerprint density at radius 1 is 1.15 bits per heavy atom. The molecule has 0 bridgehead atoms. The average molecular weight is 496 g/mol. The van der Waals surface area contributed by atoms with Gasteiger partial charge in [-0.15, -0.1) is 0 Å². The Hall–Kier alpha value is -1.44. The molecule has 5 atom stereocenters. The van der Waals surface area contributed by atoms with E-state index in [1.54, 1.807) is 40.8 Å². The molecule has 10 heteroatoms. The summed E-state index contributed by atoms with van der Waals surface area (Å²) in [5.74, 6) is 0.543. The van der Waals surface area contributed by atoms with Gasteiger partial charge in [0.2, 0.25) is 15.8 Å². The number of hydrogen-bond acceptors (Lipinski definition) is 9. The summed E-state index contributed by atoms with van der Waals surface area (Å²) in [6.45, 7) is -0.576. The zero-order chi connectivity index (χ0) is 20.1. The molecule has 0 amide bonds. The van der Waals surface area contributed by atoms with Crippen LogP contribution < -0.4 is 14.2 Å². The van der Waals surface area contributed by atoms with Gasteiger partial charge in [0.05, 0.1) is 20.8 Å². The maximum Gasteiger partial charge on any atom is 0.229 e. The van der Waals surface area contributed by atoms with Crippen LogP contribution in [0.4, 0.5) is 0 Å². The highest BCUT2D eigenvalue weighted by Gasteiger charge is 2.45. The smallest absolute Gasteiger partial charge is 0.229 e. The van der Waals surface area contributed by atoms with Crippen molar-refractivity contribution in [1.29, 1.82) is 0 Å². The topological polar surface area (TPSA) is 135 Å². The lowest BCUT2D eigenvalue weighted by molar-refractivity contribution is -0.277. The van der Waals surface area contributed by atoms with E-state index < -0.39 is 37.3 Å². The van der Waals surface area contributed by atoms with Gasteiger partial charge in [0.15, 0.2) is 11.5 Å². The summed E-state index contributed by atoms with van der Waals surface area (Å²) < 4.78 is 21.4. The second-order valence-corrected chi connectivity index (χ2v) is 6.77. The lowest BCUT2D eigenvalue weighted by Crippen LogP contribution is -2.60. The van der Waals surface area contributed by atoms with Gasteiger partial charge in [0.1, 0.15) is 24.4 Å². The predicted octanol–water partition coefficient (Wildman–Crippen LogP) is -0.143. The molecule has 1 heterocycles. The molecular formula is C17H21IO9. The fraction of sp³-hybridized carbons (Fsp3) is 0.471. The van der Waals surface area contributed by atoms with Gasteiger partial charge in [-0.3, -0.25) is 4.79 Å². The fourth-order valence-corrected chi connectivity index (χ4v) is 2.73. The standard InChI is InChI=1S/C17H21IO9/c1-24-9-5-8(3-4-12(18)20)6-10(25-2)16(9)27-17-15(23)14(22)13(21)11(7-19)26-17/h3-6,11,13-15,17,19,21-23H,7H2,1-2H3/t11-,13-,14+,15-,17+/m1/s1. The van der Waals surface area contributed by atoms with Gasteiger partial charge in [-0.25, -0.2) is 0 Å². The number of benzene rings is 1. The summed E-state index contributed by atoms with van der Waals surface area (Å²) in [6.07, 6.45) is -4.21. The van der Waals surface area contributed by atoms with Gasteiger partial charge in [0, 0.05) is 22.6 Å². The molecule has 1 aromatic rings. The Kier molecular flexibility index (Phi) is 7.82. The highest BCUT2D eigenvalue weighted by molar-refractivity contribution is 14.1. The van der Waals surface area contributed by atoms with Gasteiger partial charge in [-0.2, -0.15) is 0 Å². The van der Waals surface area contributed by atoms with E-state index >= 15 is 0 Å². The number of allylic oxidation sites excluding steroid dienone is 1. The number of halogens is 1. The molecule has 150 valence electrons. The first-order chi connectivity index (χ1) is 12.8. The molecule has 9 nitrogen and oxygen atoms in total. The molecule has 0 radical (unpaired) electrons. The van der Waals surface area contributed by atoms with Crippen molar-refractivity contribution in [3.63, 3.8) is 0 Å². The van der Waals surface area contributed by atoms with Crippen molar-refractivity contribution in [3.05, 3.63) is 23.8 Å². The van der Waals surface area contributed by atoms with E-state index in [-0.39, 0.29) is 21.0 Å². The summed E-state index contributed by atoms with van der Waals surface area (Å²) in [5.41, 5.74) is 0.606. The molecule has 0 aromatic heterocycles. The van der Waals surface area contributed by atoms with Crippen molar-refractivity contribution in [2.75, 3.05) is 20.8 Å². The number of aliphatic hydroxyl groups is 4. The zero-order valence-electron chi connectivity index (χ0n) is 14.6. The highest BCUT2D eigenvalue weighted by atomic mass is 127. The third kappa shape index (κ3) is 5.09. The van der Waals surface area contributed by atoms with Crippen molar-refractivity contribution in [2.24, 2.45) is 0 Å². The van der Waals surface area contributed by atoms with Crippen LogP contribution in [0.2, 0.25) is 0 Å². The fourth-order valence-electron chi connectivity index (χ4n) is 2.56. The van der Waals surface area contributed by atoms with Crippen molar-refractivity contribution in [2.45, 2.75) is 30.7 Å². The molecule has 0 unspecified atom stereocenters. The van der Waals surface area contributed by atoms with Crippen molar-refractivity contribution in [1.82, 2.24) is 0 Å². The number of carbonyl (C=O) groups excluding carboxylic acids is 1. The summed E-state index contributed by atoms with van der Waals surface area (Å²) in [5, 5.41) is 39.1. The van der Waals surface area contributed by atoms with E-state index in [0.717, 1.165) is 0 Å². The maximum absolute atomic E-state index is 11.1. The van der Waals surface area contributed by atoms with Gasteiger partial charge in [-0.05, 0) is 23.8 Å². The number of hydrogen-bond donors (Lipinski definition) is 4. The van der Waals surface area contributed by atoms with Crippen molar-refractivity contribution in [3.8, 4) is 17.2 Å². The minimum atomic E-state index is -1.58. The van der Waals surface area contributed by atoms with Gasteiger partial charge < -0.3 is 39.4 Å². The monoisotopic (exact) mass is 496 g/mol. The van der Waals surface area contributed by atoms with Crippen molar-refractivity contribution < 1.29 is 44.2 Å². The van der Waals surface area contributed by atoms with Crippen LogP contribution in [0, 0.1) is 0 Å². The van der Waals surface area contributed by atoms with E-state index in [0.29, 0.717) is 5.56 Å². The minimum Gasteiger partial charge on any atom is -0.493 e. The lowest BCUT2D eigenvalue weighted by Gasteiger charge is -2.39. The van der Waals surface area contributed by atoms with Crippen LogP contribution >= 0.6 is 22.6 Å². The summed E-state index contributed by atoms with van der Waals surface area (Å²) >= 11 is 1.64. The lowest BCUT2D eigenvalue weighted by atomic mass is 9.99. The number of ether oxygens (including phenoxy) is 4. The van der Waals surface area contributed by atoms with E-state index in [4.69, 9.17) is 18.9 Å². The van der Waals surface area contributed by atoms with E-state index in [9.17, 15) is 25.2 Å². The first kappa shape index (κ1) is 21.9. The first-order valence-corrected chi connectivity index (χ1v) is 9.01. The van der Waals surface area contributed by atoms with Crippen molar-refractivity contribution >= 4 is 32.5 Å². The molecular weight excluding hydrogens is 475 g/mol. The average Bonchev–Trinajstić information content (AvgIpc) is 2.66. The van der Waals surface area contributed by atoms with E-state index in [1.807, 2.05) is 0 Å². The van der Waals surface area contributed by atoms with Crippen LogP contribution in [0.15, 0.2) is 18.2 Å². The Bertz CT molecular complexity index is 666. The SMILES string of the molecule is COc1cc(C=CC(=O)I)cc(OC)c1O[C@@H]1O[C@H](CO)[C@@H](O)[C@H](O)[C@H]1O. The molecule has 27 heavy (non-hydrogen) atoms. The molecule has 1 aliphatic heterocycles. The number of aliphatic hydroxyl groups excluding tert-OH is 4. The zero-order valence-corrected chi connectivity index (χ0v) is 16.8. The highest BCUT2D eigenvalue weighted by Crippen LogP contribution is 2.40.